The van der Waals surface area contributed by atoms with Gasteiger partial charge >= 0.3 is 0 Å². The van der Waals surface area contributed by atoms with E-state index in [1.807, 2.05) is 13.8 Å². The topological polar surface area (TPSA) is 21.7 Å². The maximum atomic E-state index is 5.32. The molecule has 0 aromatic heterocycles. The number of ether oxygens (including phenoxy) is 2. The quantitative estimate of drug-likeness (QED) is 0.807. The van der Waals surface area contributed by atoms with Crippen LogP contribution in [0.2, 0.25) is 0 Å². The molecule has 3 heteroatoms. The van der Waals surface area contributed by atoms with Crippen molar-refractivity contribution in [2.75, 3.05) is 38.3 Å². The van der Waals surface area contributed by atoms with E-state index < -0.39 is 0 Å². The SMILES string of the molecule is CC.COCc1ccc(N2CCOCC2)cc1. The fourth-order valence-corrected chi connectivity index (χ4v) is 1.79. The fraction of sp³-hybridized carbons (Fsp3) is 0.571. The summed E-state index contributed by atoms with van der Waals surface area (Å²) >= 11 is 0. The zero-order valence-corrected chi connectivity index (χ0v) is 11.1. The normalized spacial score (nSPS) is 15.1. The van der Waals surface area contributed by atoms with Crippen LogP contribution in [0.3, 0.4) is 0 Å². The lowest BCUT2D eigenvalue weighted by molar-refractivity contribution is 0.122. The largest absolute Gasteiger partial charge is 0.380 e. The number of rotatable bonds is 3. The molecule has 0 saturated carbocycles. The average Bonchev–Trinajstić information content (AvgIpc) is 2.43. The molecule has 0 aliphatic carbocycles. The van der Waals surface area contributed by atoms with Gasteiger partial charge in [-0.3, -0.25) is 0 Å². The molecule has 1 heterocycles. The molecule has 2 rings (SSSR count). The Kier molecular flexibility index (Phi) is 6.67. The van der Waals surface area contributed by atoms with Crippen molar-refractivity contribution in [1.29, 1.82) is 0 Å². The van der Waals surface area contributed by atoms with E-state index in [0.29, 0.717) is 6.61 Å². The van der Waals surface area contributed by atoms with E-state index in [4.69, 9.17) is 9.47 Å². The molecule has 0 atom stereocenters. The highest BCUT2D eigenvalue weighted by Gasteiger charge is 2.10. The number of nitrogens with zero attached hydrogens (tertiary/aromatic N) is 1. The summed E-state index contributed by atoms with van der Waals surface area (Å²) in [6.45, 7) is 8.33. The Bertz CT molecular complexity index is 292. The lowest BCUT2D eigenvalue weighted by atomic mass is 10.2. The Hall–Kier alpha value is -1.06. The van der Waals surface area contributed by atoms with Crippen molar-refractivity contribution in [3.63, 3.8) is 0 Å². The summed E-state index contributed by atoms with van der Waals surface area (Å²) in [6.07, 6.45) is 0. The molecule has 1 fully saturated rings. The number of hydrogen-bond donors (Lipinski definition) is 0. The average molecular weight is 237 g/mol. The van der Waals surface area contributed by atoms with E-state index in [9.17, 15) is 0 Å². The van der Waals surface area contributed by atoms with E-state index in [-0.39, 0.29) is 0 Å². The molecule has 17 heavy (non-hydrogen) atoms. The van der Waals surface area contributed by atoms with Gasteiger partial charge in [0.1, 0.15) is 0 Å². The van der Waals surface area contributed by atoms with Crippen LogP contribution in [0.1, 0.15) is 19.4 Å². The maximum absolute atomic E-state index is 5.32. The Balaban J connectivity index is 0.000000686. The first kappa shape index (κ1) is 14.0. The van der Waals surface area contributed by atoms with E-state index in [1.165, 1.54) is 11.3 Å². The number of anilines is 1. The molecule has 1 aliphatic heterocycles. The molecule has 1 saturated heterocycles. The van der Waals surface area contributed by atoms with Crippen LogP contribution in [0.5, 0.6) is 0 Å². The number of hydrogen-bond acceptors (Lipinski definition) is 3. The Morgan fingerprint density at radius 2 is 1.71 bits per heavy atom. The molecule has 1 aromatic carbocycles. The number of methoxy groups -OCH3 is 1. The van der Waals surface area contributed by atoms with Crippen molar-refractivity contribution >= 4 is 5.69 Å². The highest BCUT2D eigenvalue weighted by atomic mass is 16.5. The fourth-order valence-electron chi connectivity index (χ4n) is 1.79. The third-order valence-corrected chi connectivity index (χ3v) is 2.62. The van der Waals surface area contributed by atoms with Gasteiger partial charge in [-0.1, -0.05) is 26.0 Å². The van der Waals surface area contributed by atoms with Crippen molar-refractivity contribution in [1.82, 2.24) is 0 Å². The first-order valence-electron chi connectivity index (χ1n) is 6.31. The summed E-state index contributed by atoms with van der Waals surface area (Å²) in [5.41, 5.74) is 2.49. The lowest BCUT2D eigenvalue weighted by Gasteiger charge is -2.28. The van der Waals surface area contributed by atoms with Gasteiger partial charge in [0.15, 0.2) is 0 Å². The molecule has 0 bridgehead atoms. The molecule has 3 nitrogen and oxygen atoms in total. The summed E-state index contributed by atoms with van der Waals surface area (Å²) < 4.78 is 10.4. The Morgan fingerprint density at radius 3 is 2.24 bits per heavy atom. The van der Waals surface area contributed by atoms with Gasteiger partial charge in [-0.25, -0.2) is 0 Å². The van der Waals surface area contributed by atoms with Gasteiger partial charge < -0.3 is 14.4 Å². The summed E-state index contributed by atoms with van der Waals surface area (Å²) in [7, 11) is 1.72. The molecular weight excluding hydrogens is 214 g/mol. The summed E-state index contributed by atoms with van der Waals surface area (Å²) in [5, 5.41) is 0. The summed E-state index contributed by atoms with van der Waals surface area (Å²) in [6, 6.07) is 8.54. The van der Waals surface area contributed by atoms with Crippen LogP contribution in [0.4, 0.5) is 5.69 Å². The first-order valence-corrected chi connectivity index (χ1v) is 6.31. The molecule has 0 N–H and O–H groups in total. The van der Waals surface area contributed by atoms with Crippen LogP contribution >= 0.6 is 0 Å². The predicted molar refractivity (Wildman–Crippen MR) is 71.5 cm³/mol. The lowest BCUT2D eigenvalue weighted by Crippen LogP contribution is -2.36. The molecule has 96 valence electrons. The second-order valence-corrected chi connectivity index (χ2v) is 3.70. The molecule has 0 amide bonds. The van der Waals surface area contributed by atoms with Crippen LogP contribution in [0, 0.1) is 0 Å². The second-order valence-electron chi connectivity index (χ2n) is 3.70. The van der Waals surface area contributed by atoms with Gasteiger partial charge in [0, 0.05) is 25.9 Å². The minimum absolute atomic E-state index is 0.684. The van der Waals surface area contributed by atoms with Gasteiger partial charge in [-0.05, 0) is 17.7 Å². The molecule has 0 spiro atoms. The third kappa shape index (κ3) is 4.36. The van der Waals surface area contributed by atoms with Crippen molar-refractivity contribution in [2.45, 2.75) is 20.5 Å². The van der Waals surface area contributed by atoms with E-state index in [1.54, 1.807) is 7.11 Å². The van der Waals surface area contributed by atoms with Crippen LogP contribution in [-0.4, -0.2) is 33.4 Å². The highest BCUT2D eigenvalue weighted by Crippen LogP contribution is 2.16. The van der Waals surface area contributed by atoms with Crippen LogP contribution in [0.25, 0.3) is 0 Å². The minimum atomic E-state index is 0.684. The third-order valence-electron chi connectivity index (χ3n) is 2.62. The molecule has 0 radical (unpaired) electrons. The summed E-state index contributed by atoms with van der Waals surface area (Å²) in [4.78, 5) is 2.35. The summed E-state index contributed by atoms with van der Waals surface area (Å²) in [5.74, 6) is 0. The monoisotopic (exact) mass is 237 g/mol. The zero-order chi connectivity index (χ0) is 12.5. The van der Waals surface area contributed by atoms with Gasteiger partial charge in [0.2, 0.25) is 0 Å². The Morgan fingerprint density at radius 1 is 1.12 bits per heavy atom. The van der Waals surface area contributed by atoms with E-state index >= 15 is 0 Å². The molecule has 1 aromatic rings. The van der Waals surface area contributed by atoms with Gasteiger partial charge in [0.25, 0.3) is 0 Å². The molecular formula is C14H23NO2. The predicted octanol–water partition coefficient (Wildman–Crippen LogP) is 2.70. The van der Waals surface area contributed by atoms with Crippen LogP contribution in [0.15, 0.2) is 24.3 Å². The van der Waals surface area contributed by atoms with Gasteiger partial charge in [-0.2, -0.15) is 0 Å². The highest BCUT2D eigenvalue weighted by molar-refractivity contribution is 5.47. The van der Waals surface area contributed by atoms with Crippen molar-refractivity contribution < 1.29 is 9.47 Å². The molecule has 0 unspecified atom stereocenters. The Labute approximate surface area is 104 Å². The standard InChI is InChI=1S/C12H17NO2.C2H6/c1-14-10-11-2-4-12(5-3-11)13-6-8-15-9-7-13;1-2/h2-5H,6-10H2,1H3;1-2H3. The zero-order valence-electron chi connectivity index (χ0n) is 11.1. The maximum Gasteiger partial charge on any atom is 0.0713 e. The number of benzene rings is 1. The minimum Gasteiger partial charge on any atom is -0.380 e. The van der Waals surface area contributed by atoms with E-state index in [0.717, 1.165) is 26.3 Å². The van der Waals surface area contributed by atoms with Gasteiger partial charge in [-0.15, -0.1) is 0 Å². The van der Waals surface area contributed by atoms with Gasteiger partial charge in [0.05, 0.1) is 19.8 Å². The second kappa shape index (κ2) is 8.09. The van der Waals surface area contributed by atoms with Crippen molar-refractivity contribution in [3.8, 4) is 0 Å². The smallest absolute Gasteiger partial charge is 0.0713 e. The van der Waals surface area contributed by atoms with Crippen LogP contribution in [-0.2, 0) is 16.1 Å². The van der Waals surface area contributed by atoms with E-state index in [2.05, 4.69) is 29.2 Å². The van der Waals surface area contributed by atoms with Crippen molar-refractivity contribution in [2.24, 2.45) is 0 Å². The van der Waals surface area contributed by atoms with Crippen molar-refractivity contribution in [3.05, 3.63) is 29.8 Å². The van der Waals surface area contributed by atoms with Crippen LogP contribution < -0.4 is 4.90 Å². The number of morpholine rings is 1. The molecule has 1 aliphatic rings. The first-order chi connectivity index (χ1) is 8.40.